The van der Waals surface area contributed by atoms with Crippen molar-refractivity contribution in [3.8, 4) is 0 Å². The van der Waals surface area contributed by atoms with E-state index in [0.29, 0.717) is 12.3 Å². The van der Waals surface area contributed by atoms with Crippen LogP contribution in [-0.2, 0) is 6.42 Å². The number of hydrogen-bond acceptors (Lipinski definition) is 3. The lowest BCUT2D eigenvalue weighted by molar-refractivity contribution is 0.0918. The van der Waals surface area contributed by atoms with E-state index in [1.165, 1.54) is 11.8 Å². The van der Waals surface area contributed by atoms with Crippen molar-refractivity contribution in [1.82, 2.24) is 10.3 Å². The van der Waals surface area contributed by atoms with Gasteiger partial charge in [0.1, 0.15) is 5.76 Å². The van der Waals surface area contributed by atoms with Crippen molar-refractivity contribution in [2.75, 3.05) is 6.54 Å². The van der Waals surface area contributed by atoms with Gasteiger partial charge in [0.2, 0.25) is 0 Å². The van der Waals surface area contributed by atoms with Crippen LogP contribution in [0.3, 0.4) is 0 Å². The third kappa shape index (κ3) is 3.17. The molecule has 0 saturated heterocycles. The minimum absolute atomic E-state index is 0.121. The van der Waals surface area contributed by atoms with E-state index in [1.54, 1.807) is 6.92 Å². The predicted octanol–water partition coefficient (Wildman–Crippen LogP) is 1.96. The van der Waals surface area contributed by atoms with E-state index in [9.17, 15) is 4.79 Å². The molecule has 0 unspecified atom stereocenters. The maximum Gasteiger partial charge on any atom is 0.307 e. The van der Waals surface area contributed by atoms with E-state index in [1.807, 2.05) is 30.3 Å². The number of hydrogen-bond donors (Lipinski definition) is 1. The second kappa shape index (κ2) is 5.30. The van der Waals surface area contributed by atoms with Crippen LogP contribution >= 0.6 is 0 Å². The van der Waals surface area contributed by atoms with Crippen molar-refractivity contribution >= 4 is 5.91 Å². The molecule has 17 heavy (non-hydrogen) atoms. The molecule has 1 aromatic heterocycles. The van der Waals surface area contributed by atoms with Crippen LogP contribution < -0.4 is 5.32 Å². The van der Waals surface area contributed by atoms with Gasteiger partial charge in [-0.2, -0.15) is 0 Å². The predicted molar refractivity (Wildman–Crippen MR) is 63.7 cm³/mol. The van der Waals surface area contributed by atoms with Crippen molar-refractivity contribution in [1.29, 1.82) is 0 Å². The Labute approximate surface area is 99.7 Å². The Balaban J connectivity index is 1.81. The van der Waals surface area contributed by atoms with E-state index < -0.39 is 0 Å². The molecule has 0 aliphatic rings. The molecule has 0 aliphatic carbocycles. The normalized spacial score (nSPS) is 10.2. The van der Waals surface area contributed by atoms with Crippen molar-refractivity contribution in [2.24, 2.45) is 0 Å². The molecule has 4 heteroatoms. The van der Waals surface area contributed by atoms with Crippen molar-refractivity contribution in [3.05, 3.63) is 53.7 Å². The second-order valence-electron chi connectivity index (χ2n) is 3.77. The molecular weight excluding hydrogens is 216 g/mol. The Bertz CT molecular complexity index is 491. The molecule has 0 saturated carbocycles. The highest BCUT2D eigenvalue weighted by Crippen LogP contribution is 2.02. The molecular formula is C13H14N2O2. The first-order valence-corrected chi connectivity index (χ1v) is 5.50. The van der Waals surface area contributed by atoms with Gasteiger partial charge in [-0.05, 0) is 18.9 Å². The van der Waals surface area contributed by atoms with E-state index in [2.05, 4.69) is 10.3 Å². The summed E-state index contributed by atoms with van der Waals surface area (Å²) in [4.78, 5) is 15.4. The monoisotopic (exact) mass is 230 g/mol. The lowest BCUT2D eigenvalue weighted by atomic mass is 10.1. The number of oxazole rings is 1. The first-order valence-electron chi connectivity index (χ1n) is 5.50. The maximum atomic E-state index is 11.6. The van der Waals surface area contributed by atoms with Gasteiger partial charge in [-0.1, -0.05) is 30.3 Å². The number of nitrogens with zero attached hydrogens (tertiary/aromatic N) is 1. The largest absolute Gasteiger partial charge is 0.438 e. The van der Waals surface area contributed by atoms with Crippen LogP contribution in [0.5, 0.6) is 0 Å². The molecule has 0 aliphatic heterocycles. The fourth-order valence-electron chi connectivity index (χ4n) is 1.50. The summed E-state index contributed by atoms with van der Waals surface area (Å²) in [5.74, 6) is 0.489. The zero-order chi connectivity index (χ0) is 12.1. The number of benzene rings is 1. The molecule has 0 bridgehead atoms. The summed E-state index contributed by atoms with van der Waals surface area (Å²) in [5, 5.41) is 2.77. The molecule has 1 aromatic carbocycles. The zero-order valence-electron chi connectivity index (χ0n) is 9.64. The summed E-state index contributed by atoms with van der Waals surface area (Å²) >= 11 is 0. The van der Waals surface area contributed by atoms with Crippen molar-refractivity contribution in [2.45, 2.75) is 13.3 Å². The van der Waals surface area contributed by atoms with E-state index in [0.717, 1.165) is 6.42 Å². The Kier molecular flexibility index (Phi) is 3.55. The summed E-state index contributed by atoms with van der Waals surface area (Å²) in [5.41, 5.74) is 1.19. The zero-order valence-corrected chi connectivity index (χ0v) is 9.64. The van der Waals surface area contributed by atoms with Gasteiger partial charge >= 0.3 is 5.91 Å². The summed E-state index contributed by atoms with van der Waals surface area (Å²) in [6.07, 6.45) is 2.33. The molecule has 1 N–H and O–H groups in total. The average molecular weight is 230 g/mol. The van der Waals surface area contributed by atoms with Gasteiger partial charge in [-0.3, -0.25) is 4.79 Å². The summed E-state index contributed by atoms with van der Waals surface area (Å²) in [6, 6.07) is 9.99. The quantitative estimate of drug-likeness (QED) is 0.873. The Hall–Kier alpha value is -2.10. The summed E-state index contributed by atoms with van der Waals surface area (Å²) < 4.78 is 5.12. The Morgan fingerprint density at radius 1 is 1.35 bits per heavy atom. The highest BCUT2D eigenvalue weighted by molar-refractivity contribution is 5.89. The van der Waals surface area contributed by atoms with Crippen LogP contribution in [0, 0.1) is 6.92 Å². The minimum atomic E-state index is -0.269. The van der Waals surface area contributed by atoms with E-state index in [-0.39, 0.29) is 11.8 Å². The van der Waals surface area contributed by atoms with Gasteiger partial charge in [0.05, 0.1) is 6.20 Å². The highest BCUT2D eigenvalue weighted by atomic mass is 16.4. The van der Waals surface area contributed by atoms with Gasteiger partial charge in [0.15, 0.2) is 0 Å². The molecule has 2 aromatic rings. The molecule has 0 radical (unpaired) electrons. The number of carbonyl (C=O) groups excluding carboxylic acids is 1. The van der Waals surface area contributed by atoms with Crippen LogP contribution in [0.25, 0.3) is 0 Å². The van der Waals surface area contributed by atoms with Crippen LogP contribution in [0.2, 0.25) is 0 Å². The van der Waals surface area contributed by atoms with Gasteiger partial charge in [0.25, 0.3) is 5.89 Å². The summed E-state index contributed by atoms with van der Waals surface area (Å²) in [7, 11) is 0. The first kappa shape index (κ1) is 11.4. The smallest absolute Gasteiger partial charge is 0.307 e. The Morgan fingerprint density at radius 3 is 2.76 bits per heavy atom. The van der Waals surface area contributed by atoms with E-state index in [4.69, 9.17) is 4.42 Å². The lowest BCUT2D eigenvalue weighted by Gasteiger charge is -2.02. The SMILES string of the molecule is Cc1cnc(C(=O)NCCc2ccccc2)o1. The average Bonchev–Trinajstić information content (AvgIpc) is 2.77. The van der Waals surface area contributed by atoms with Crippen molar-refractivity contribution in [3.63, 3.8) is 0 Å². The molecule has 0 spiro atoms. The number of aryl methyl sites for hydroxylation is 1. The molecule has 4 nitrogen and oxygen atoms in total. The number of nitrogens with one attached hydrogen (secondary N) is 1. The number of carbonyl (C=O) groups is 1. The van der Waals surface area contributed by atoms with Gasteiger partial charge in [-0.15, -0.1) is 0 Å². The second-order valence-corrected chi connectivity index (χ2v) is 3.77. The molecule has 0 fully saturated rings. The maximum absolute atomic E-state index is 11.6. The number of aromatic nitrogens is 1. The third-order valence-corrected chi connectivity index (χ3v) is 2.36. The number of rotatable bonds is 4. The first-order chi connectivity index (χ1) is 8.25. The number of amides is 1. The molecule has 1 heterocycles. The minimum Gasteiger partial charge on any atom is -0.438 e. The molecule has 88 valence electrons. The topological polar surface area (TPSA) is 55.1 Å². The van der Waals surface area contributed by atoms with Gasteiger partial charge < -0.3 is 9.73 Å². The fourth-order valence-corrected chi connectivity index (χ4v) is 1.50. The van der Waals surface area contributed by atoms with Crippen molar-refractivity contribution < 1.29 is 9.21 Å². The van der Waals surface area contributed by atoms with Crippen LogP contribution in [0.15, 0.2) is 40.9 Å². The van der Waals surface area contributed by atoms with Crippen LogP contribution in [0.1, 0.15) is 22.0 Å². The molecule has 0 atom stereocenters. The molecule has 1 amide bonds. The van der Waals surface area contributed by atoms with Gasteiger partial charge in [-0.25, -0.2) is 4.98 Å². The van der Waals surface area contributed by atoms with Crippen LogP contribution in [0.4, 0.5) is 0 Å². The standard InChI is InChI=1S/C13H14N2O2/c1-10-9-15-13(17-10)12(16)14-8-7-11-5-3-2-4-6-11/h2-6,9H,7-8H2,1H3,(H,14,16). The van der Waals surface area contributed by atoms with Gasteiger partial charge in [0, 0.05) is 6.54 Å². The Morgan fingerprint density at radius 2 is 2.12 bits per heavy atom. The fraction of sp³-hybridized carbons (Fsp3) is 0.231. The highest BCUT2D eigenvalue weighted by Gasteiger charge is 2.10. The summed E-state index contributed by atoms with van der Waals surface area (Å²) in [6.45, 7) is 2.33. The third-order valence-electron chi connectivity index (χ3n) is 2.36. The molecule has 2 rings (SSSR count). The van der Waals surface area contributed by atoms with Crippen LogP contribution in [-0.4, -0.2) is 17.4 Å². The van der Waals surface area contributed by atoms with E-state index >= 15 is 0 Å². The lowest BCUT2D eigenvalue weighted by Crippen LogP contribution is -2.25.